The van der Waals surface area contributed by atoms with Crippen molar-refractivity contribution in [3.8, 4) is 0 Å². The Bertz CT molecular complexity index is 1290. The van der Waals surface area contributed by atoms with Gasteiger partial charge < -0.3 is 10.2 Å². The van der Waals surface area contributed by atoms with E-state index in [1.165, 1.54) is 12.1 Å². The zero-order chi connectivity index (χ0) is 22.9. The molecule has 3 aromatic rings. The number of rotatable bonds is 4. The number of hydrogen-bond donors (Lipinski definition) is 1. The Hall–Kier alpha value is -3.19. The first kappa shape index (κ1) is 22.0. The van der Waals surface area contributed by atoms with Gasteiger partial charge in [0.1, 0.15) is 0 Å². The molecule has 1 saturated heterocycles. The van der Waals surface area contributed by atoms with Crippen molar-refractivity contribution in [2.24, 2.45) is 5.92 Å². The fraction of sp³-hybridized carbons (Fsp3) is 0.280. The van der Waals surface area contributed by atoms with Crippen molar-refractivity contribution in [1.29, 1.82) is 0 Å². The van der Waals surface area contributed by atoms with E-state index in [0.717, 1.165) is 22.6 Å². The molecule has 7 heteroatoms. The van der Waals surface area contributed by atoms with Crippen molar-refractivity contribution in [1.82, 2.24) is 4.90 Å². The molecule has 0 radical (unpaired) electrons. The minimum atomic E-state index is -3.36. The lowest BCUT2D eigenvalue weighted by atomic mass is 9.94. The number of anilines is 1. The number of carbonyl (C=O) groups excluding carboxylic acids is 2. The van der Waals surface area contributed by atoms with E-state index in [-0.39, 0.29) is 22.6 Å². The van der Waals surface area contributed by atoms with Crippen LogP contribution in [0.4, 0.5) is 5.69 Å². The summed E-state index contributed by atoms with van der Waals surface area (Å²) in [5.74, 6) is -0.388. The van der Waals surface area contributed by atoms with Crippen molar-refractivity contribution in [2.45, 2.75) is 24.7 Å². The number of hydrogen-bond acceptors (Lipinski definition) is 4. The lowest BCUT2D eigenvalue weighted by Gasteiger charge is -2.31. The van der Waals surface area contributed by atoms with Gasteiger partial charge in [-0.25, -0.2) is 8.42 Å². The van der Waals surface area contributed by atoms with Crippen LogP contribution in [-0.2, 0) is 14.6 Å². The van der Waals surface area contributed by atoms with E-state index in [0.29, 0.717) is 37.2 Å². The Morgan fingerprint density at radius 1 is 0.969 bits per heavy atom. The second-order valence-corrected chi connectivity index (χ2v) is 10.3. The van der Waals surface area contributed by atoms with Crippen LogP contribution in [-0.4, -0.2) is 44.5 Å². The maximum absolute atomic E-state index is 13.1. The average Bonchev–Trinajstić information content (AvgIpc) is 2.79. The number of benzene rings is 3. The number of nitrogens with zero attached hydrogens (tertiary/aromatic N) is 1. The number of likely N-dealkylation sites (tertiary alicyclic amines) is 1. The molecule has 1 aliphatic rings. The summed E-state index contributed by atoms with van der Waals surface area (Å²) < 4.78 is 23.7. The summed E-state index contributed by atoms with van der Waals surface area (Å²) in [4.78, 5) is 27.9. The molecule has 0 saturated carbocycles. The average molecular weight is 451 g/mol. The Labute approximate surface area is 188 Å². The minimum absolute atomic E-state index is 0.0163. The van der Waals surface area contributed by atoms with E-state index in [2.05, 4.69) is 5.32 Å². The summed E-state index contributed by atoms with van der Waals surface area (Å²) >= 11 is 0. The van der Waals surface area contributed by atoms with Gasteiger partial charge in [-0.15, -0.1) is 0 Å². The standard InChI is InChI=1S/C25H26N2O4S/c1-17-10-11-20(32(2,30)31)16-23(17)26-24(28)19-12-14-27(15-13-19)25(29)22-9-5-7-18-6-3-4-8-21(18)22/h3-11,16,19H,12-15H2,1-2H3,(H,26,28). The highest BCUT2D eigenvalue weighted by Crippen LogP contribution is 2.26. The number of fused-ring (bicyclic) bond motifs is 1. The molecule has 4 rings (SSSR count). The first-order chi connectivity index (χ1) is 15.2. The second-order valence-electron chi connectivity index (χ2n) is 8.33. The van der Waals surface area contributed by atoms with Crippen LogP contribution in [0.3, 0.4) is 0 Å². The molecule has 1 fully saturated rings. The van der Waals surface area contributed by atoms with Crippen LogP contribution in [0.15, 0.2) is 65.6 Å². The number of sulfone groups is 1. The van der Waals surface area contributed by atoms with Gasteiger partial charge >= 0.3 is 0 Å². The van der Waals surface area contributed by atoms with Crippen molar-refractivity contribution >= 4 is 38.1 Å². The highest BCUT2D eigenvalue weighted by molar-refractivity contribution is 7.90. The lowest BCUT2D eigenvalue weighted by Crippen LogP contribution is -2.41. The van der Waals surface area contributed by atoms with Gasteiger partial charge in [-0.1, -0.05) is 42.5 Å². The molecule has 0 unspecified atom stereocenters. The molecular formula is C25H26N2O4S. The predicted molar refractivity (Wildman–Crippen MR) is 125 cm³/mol. The van der Waals surface area contributed by atoms with Crippen molar-refractivity contribution in [2.75, 3.05) is 24.7 Å². The van der Waals surface area contributed by atoms with E-state index in [9.17, 15) is 18.0 Å². The van der Waals surface area contributed by atoms with Gasteiger partial charge in [-0.3, -0.25) is 9.59 Å². The van der Waals surface area contributed by atoms with Gasteiger partial charge in [-0.2, -0.15) is 0 Å². The quantitative estimate of drug-likeness (QED) is 0.650. The maximum atomic E-state index is 13.1. The third-order valence-corrected chi connectivity index (χ3v) is 7.18. The molecule has 1 aliphatic heterocycles. The van der Waals surface area contributed by atoms with Gasteiger partial charge in [0.05, 0.1) is 4.90 Å². The van der Waals surface area contributed by atoms with Crippen molar-refractivity contribution in [3.05, 3.63) is 71.8 Å². The number of aryl methyl sites for hydroxylation is 1. The van der Waals surface area contributed by atoms with E-state index in [1.54, 1.807) is 11.0 Å². The molecule has 0 atom stereocenters. The van der Waals surface area contributed by atoms with Gasteiger partial charge in [-0.05, 0) is 54.3 Å². The summed E-state index contributed by atoms with van der Waals surface area (Å²) in [7, 11) is -3.36. The predicted octanol–water partition coefficient (Wildman–Crippen LogP) is 4.04. The topological polar surface area (TPSA) is 83.6 Å². The van der Waals surface area contributed by atoms with E-state index >= 15 is 0 Å². The molecule has 0 bridgehead atoms. The lowest BCUT2D eigenvalue weighted by molar-refractivity contribution is -0.121. The van der Waals surface area contributed by atoms with Gasteiger partial charge in [0.2, 0.25) is 5.91 Å². The molecule has 166 valence electrons. The number of piperidine rings is 1. The van der Waals surface area contributed by atoms with Gasteiger partial charge in [0.15, 0.2) is 9.84 Å². The third kappa shape index (κ3) is 4.53. The van der Waals surface area contributed by atoms with Crippen LogP contribution in [0.25, 0.3) is 10.8 Å². The number of amides is 2. The molecule has 0 spiro atoms. The Morgan fingerprint density at radius 2 is 1.66 bits per heavy atom. The van der Waals surface area contributed by atoms with E-state index < -0.39 is 9.84 Å². The summed E-state index contributed by atoms with van der Waals surface area (Å²) in [6.45, 7) is 2.83. The van der Waals surface area contributed by atoms with Crippen LogP contribution in [0.1, 0.15) is 28.8 Å². The van der Waals surface area contributed by atoms with Crippen LogP contribution < -0.4 is 5.32 Å². The van der Waals surface area contributed by atoms with E-state index in [4.69, 9.17) is 0 Å². The number of carbonyl (C=O) groups is 2. The summed E-state index contributed by atoms with van der Waals surface area (Å²) in [5.41, 5.74) is 1.99. The maximum Gasteiger partial charge on any atom is 0.254 e. The highest BCUT2D eigenvalue weighted by atomic mass is 32.2. The molecular weight excluding hydrogens is 424 g/mol. The third-order valence-electron chi connectivity index (χ3n) is 6.07. The summed E-state index contributed by atoms with van der Waals surface area (Å²) in [6, 6.07) is 18.3. The van der Waals surface area contributed by atoms with Crippen LogP contribution in [0.5, 0.6) is 0 Å². The zero-order valence-corrected chi connectivity index (χ0v) is 19.0. The summed E-state index contributed by atoms with van der Waals surface area (Å²) in [5, 5.41) is 4.84. The Kier molecular flexibility index (Phi) is 6.02. The SMILES string of the molecule is Cc1ccc(S(C)(=O)=O)cc1NC(=O)C1CCN(C(=O)c2cccc3ccccc23)CC1. The smallest absolute Gasteiger partial charge is 0.254 e. The molecule has 3 aromatic carbocycles. The number of nitrogens with one attached hydrogen (secondary N) is 1. The Balaban J connectivity index is 1.43. The molecule has 0 aliphatic carbocycles. The van der Waals surface area contributed by atoms with Gasteiger partial charge in [0, 0.05) is 36.5 Å². The van der Waals surface area contributed by atoms with Crippen molar-refractivity contribution in [3.63, 3.8) is 0 Å². The fourth-order valence-electron chi connectivity index (χ4n) is 4.13. The Morgan fingerprint density at radius 3 is 2.38 bits per heavy atom. The molecule has 1 N–H and O–H groups in total. The van der Waals surface area contributed by atoms with Crippen LogP contribution in [0, 0.1) is 12.8 Å². The molecule has 1 heterocycles. The van der Waals surface area contributed by atoms with E-state index in [1.807, 2.05) is 49.4 Å². The molecule has 32 heavy (non-hydrogen) atoms. The van der Waals surface area contributed by atoms with Crippen molar-refractivity contribution < 1.29 is 18.0 Å². The summed E-state index contributed by atoms with van der Waals surface area (Å²) in [6.07, 6.45) is 2.27. The second kappa shape index (κ2) is 8.74. The molecule has 6 nitrogen and oxygen atoms in total. The largest absolute Gasteiger partial charge is 0.339 e. The highest BCUT2D eigenvalue weighted by Gasteiger charge is 2.28. The first-order valence-corrected chi connectivity index (χ1v) is 12.5. The first-order valence-electron chi connectivity index (χ1n) is 10.6. The zero-order valence-electron chi connectivity index (χ0n) is 18.2. The monoisotopic (exact) mass is 450 g/mol. The molecule has 2 amide bonds. The van der Waals surface area contributed by atoms with Crippen LogP contribution >= 0.6 is 0 Å². The van der Waals surface area contributed by atoms with Gasteiger partial charge in [0.25, 0.3) is 5.91 Å². The molecule has 0 aromatic heterocycles. The minimum Gasteiger partial charge on any atom is -0.339 e. The fourth-order valence-corrected chi connectivity index (χ4v) is 4.78. The van der Waals surface area contributed by atoms with Crippen LogP contribution in [0.2, 0.25) is 0 Å². The normalized spacial score (nSPS) is 15.0.